The van der Waals surface area contributed by atoms with E-state index in [0.717, 1.165) is 5.56 Å². The Morgan fingerprint density at radius 1 is 0.773 bits per heavy atom. The fourth-order valence-electron chi connectivity index (χ4n) is 2.16. The minimum Gasteiger partial charge on any atom is -0.416 e. The molecule has 0 radical (unpaired) electrons. The van der Waals surface area contributed by atoms with Crippen molar-refractivity contribution in [1.29, 1.82) is 0 Å². The Morgan fingerprint density at radius 2 is 1.23 bits per heavy atom. The molecule has 1 heterocycles. The second-order valence-corrected chi connectivity index (χ2v) is 6.25. The van der Waals surface area contributed by atoms with E-state index >= 15 is 0 Å². The summed E-state index contributed by atoms with van der Waals surface area (Å²) < 4.78 is 18.6. The van der Waals surface area contributed by atoms with Gasteiger partial charge in [-0.05, 0) is 47.4 Å². The molecular formula is C18H17FN2O. The summed E-state index contributed by atoms with van der Waals surface area (Å²) in [6.45, 7) is 6.50. The quantitative estimate of drug-likeness (QED) is 0.679. The summed E-state index contributed by atoms with van der Waals surface area (Å²) in [6, 6.07) is 14.1. The van der Waals surface area contributed by atoms with Crippen molar-refractivity contribution in [3.63, 3.8) is 0 Å². The van der Waals surface area contributed by atoms with E-state index in [1.165, 1.54) is 17.7 Å². The average Bonchev–Trinajstić information content (AvgIpc) is 2.97. The largest absolute Gasteiger partial charge is 0.416 e. The van der Waals surface area contributed by atoms with Gasteiger partial charge in [0.15, 0.2) is 0 Å². The number of halogens is 1. The van der Waals surface area contributed by atoms with Crippen LogP contribution in [0.4, 0.5) is 4.39 Å². The van der Waals surface area contributed by atoms with Gasteiger partial charge >= 0.3 is 0 Å². The van der Waals surface area contributed by atoms with Crippen molar-refractivity contribution in [1.82, 2.24) is 10.2 Å². The van der Waals surface area contributed by atoms with Crippen LogP contribution in [0.5, 0.6) is 0 Å². The monoisotopic (exact) mass is 296 g/mol. The molecule has 3 rings (SSSR count). The highest BCUT2D eigenvalue weighted by Crippen LogP contribution is 2.27. The third kappa shape index (κ3) is 2.91. The van der Waals surface area contributed by atoms with Crippen LogP contribution < -0.4 is 0 Å². The summed E-state index contributed by atoms with van der Waals surface area (Å²) in [5.41, 5.74) is 2.92. The van der Waals surface area contributed by atoms with Gasteiger partial charge in [-0.15, -0.1) is 10.2 Å². The lowest BCUT2D eigenvalue weighted by molar-refractivity contribution is 0.581. The van der Waals surface area contributed by atoms with Crippen LogP contribution in [-0.4, -0.2) is 10.2 Å². The zero-order chi connectivity index (χ0) is 15.7. The van der Waals surface area contributed by atoms with Gasteiger partial charge in [0.05, 0.1) is 0 Å². The van der Waals surface area contributed by atoms with Crippen molar-refractivity contribution < 1.29 is 8.81 Å². The third-order valence-corrected chi connectivity index (χ3v) is 3.51. The molecular weight excluding hydrogens is 279 g/mol. The van der Waals surface area contributed by atoms with E-state index in [2.05, 4.69) is 43.1 Å². The fourth-order valence-corrected chi connectivity index (χ4v) is 2.16. The normalized spacial score (nSPS) is 11.6. The van der Waals surface area contributed by atoms with Crippen LogP contribution in [-0.2, 0) is 5.41 Å². The molecule has 112 valence electrons. The van der Waals surface area contributed by atoms with E-state index in [1.807, 2.05) is 12.1 Å². The summed E-state index contributed by atoms with van der Waals surface area (Å²) >= 11 is 0. The molecule has 0 bridgehead atoms. The van der Waals surface area contributed by atoms with Gasteiger partial charge in [-0.3, -0.25) is 0 Å². The second kappa shape index (κ2) is 5.37. The van der Waals surface area contributed by atoms with Gasteiger partial charge in [-0.1, -0.05) is 32.9 Å². The molecule has 0 N–H and O–H groups in total. The van der Waals surface area contributed by atoms with Crippen molar-refractivity contribution in [2.24, 2.45) is 0 Å². The molecule has 0 saturated heterocycles. The highest BCUT2D eigenvalue weighted by atomic mass is 19.1. The van der Waals surface area contributed by atoms with Gasteiger partial charge < -0.3 is 4.42 Å². The van der Waals surface area contributed by atoms with E-state index in [0.29, 0.717) is 17.3 Å². The Hall–Kier alpha value is -2.49. The minimum absolute atomic E-state index is 0.104. The molecule has 0 aliphatic carbocycles. The molecule has 3 nitrogen and oxygen atoms in total. The van der Waals surface area contributed by atoms with E-state index in [4.69, 9.17) is 4.42 Å². The lowest BCUT2D eigenvalue weighted by atomic mass is 9.87. The predicted octanol–water partition coefficient (Wildman–Crippen LogP) is 4.84. The van der Waals surface area contributed by atoms with E-state index in [1.54, 1.807) is 12.1 Å². The maximum atomic E-state index is 12.9. The summed E-state index contributed by atoms with van der Waals surface area (Å²) in [4.78, 5) is 0. The van der Waals surface area contributed by atoms with Gasteiger partial charge in [-0.2, -0.15) is 0 Å². The highest BCUT2D eigenvalue weighted by molar-refractivity contribution is 5.58. The molecule has 0 atom stereocenters. The van der Waals surface area contributed by atoms with E-state index < -0.39 is 0 Å². The first-order valence-electron chi connectivity index (χ1n) is 7.14. The number of hydrogen-bond acceptors (Lipinski definition) is 3. The molecule has 22 heavy (non-hydrogen) atoms. The summed E-state index contributed by atoms with van der Waals surface area (Å²) in [7, 11) is 0. The van der Waals surface area contributed by atoms with Gasteiger partial charge in [-0.25, -0.2) is 4.39 Å². The third-order valence-electron chi connectivity index (χ3n) is 3.51. The first-order chi connectivity index (χ1) is 10.4. The zero-order valence-electron chi connectivity index (χ0n) is 12.8. The fraction of sp³-hybridized carbons (Fsp3) is 0.222. The molecule has 0 amide bonds. The Labute approximate surface area is 128 Å². The SMILES string of the molecule is CC(C)(C)c1ccc(-c2nnc(-c3ccc(F)cc3)o2)cc1. The van der Waals surface area contributed by atoms with Crippen LogP contribution in [0.1, 0.15) is 26.3 Å². The lowest BCUT2D eigenvalue weighted by Crippen LogP contribution is -2.10. The Balaban J connectivity index is 1.89. The molecule has 0 aliphatic heterocycles. The van der Waals surface area contributed by atoms with Crippen molar-refractivity contribution in [2.75, 3.05) is 0 Å². The zero-order valence-corrected chi connectivity index (χ0v) is 12.8. The summed E-state index contributed by atoms with van der Waals surface area (Å²) in [6.07, 6.45) is 0. The number of benzene rings is 2. The topological polar surface area (TPSA) is 38.9 Å². The van der Waals surface area contributed by atoms with Crippen LogP contribution in [0.15, 0.2) is 52.9 Å². The smallest absolute Gasteiger partial charge is 0.248 e. The molecule has 3 aromatic rings. The first-order valence-corrected chi connectivity index (χ1v) is 7.14. The number of hydrogen-bond donors (Lipinski definition) is 0. The molecule has 0 fully saturated rings. The summed E-state index contributed by atoms with van der Waals surface area (Å²) in [5, 5.41) is 8.09. The van der Waals surface area contributed by atoms with Crippen LogP contribution >= 0.6 is 0 Å². The molecule has 0 aliphatic rings. The summed E-state index contributed by atoms with van der Waals surface area (Å²) in [5.74, 6) is 0.552. The first kappa shape index (κ1) is 14.4. The number of nitrogens with zero attached hydrogens (tertiary/aromatic N) is 2. The maximum absolute atomic E-state index is 12.9. The van der Waals surface area contributed by atoms with E-state index in [9.17, 15) is 4.39 Å². The van der Waals surface area contributed by atoms with Gasteiger partial charge in [0, 0.05) is 11.1 Å². The van der Waals surface area contributed by atoms with Crippen molar-refractivity contribution in [3.8, 4) is 22.9 Å². The van der Waals surface area contributed by atoms with Crippen LogP contribution in [0.25, 0.3) is 22.9 Å². The Bertz CT molecular complexity index is 768. The molecule has 4 heteroatoms. The molecule has 0 unspecified atom stereocenters. The minimum atomic E-state index is -0.291. The molecule has 2 aromatic carbocycles. The molecule has 1 aromatic heterocycles. The van der Waals surface area contributed by atoms with Crippen LogP contribution in [0.3, 0.4) is 0 Å². The Morgan fingerprint density at radius 3 is 1.68 bits per heavy atom. The van der Waals surface area contributed by atoms with Gasteiger partial charge in [0.2, 0.25) is 11.8 Å². The second-order valence-electron chi connectivity index (χ2n) is 6.25. The van der Waals surface area contributed by atoms with Crippen molar-refractivity contribution >= 4 is 0 Å². The number of aromatic nitrogens is 2. The Kier molecular flexibility index (Phi) is 3.53. The predicted molar refractivity (Wildman–Crippen MR) is 83.8 cm³/mol. The van der Waals surface area contributed by atoms with Gasteiger partial charge in [0.25, 0.3) is 0 Å². The van der Waals surface area contributed by atoms with Crippen molar-refractivity contribution in [2.45, 2.75) is 26.2 Å². The molecule has 0 spiro atoms. The van der Waals surface area contributed by atoms with E-state index in [-0.39, 0.29) is 11.2 Å². The number of rotatable bonds is 2. The highest BCUT2D eigenvalue weighted by Gasteiger charge is 2.15. The lowest BCUT2D eigenvalue weighted by Gasteiger charge is -2.18. The average molecular weight is 296 g/mol. The van der Waals surface area contributed by atoms with Gasteiger partial charge in [0.1, 0.15) is 5.82 Å². The van der Waals surface area contributed by atoms with Crippen LogP contribution in [0.2, 0.25) is 0 Å². The van der Waals surface area contributed by atoms with Crippen LogP contribution in [0, 0.1) is 5.82 Å². The standard InChI is InChI=1S/C18H17FN2O/c1-18(2,3)14-8-4-12(5-9-14)16-20-21-17(22-16)13-6-10-15(19)11-7-13/h4-11H,1-3H3. The maximum Gasteiger partial charge on any atom is 0.248 e. The molecule has 0 saturated carbocycles. The van der Waals surface area contributed by atoms with Crippen molar-refractivity contribution in [3.05, 3.63) is 59.9 Å².